The van der Waals surface area contributed by atoms with Crippen molar-refractivity contribution in [2.75, 3.05) is 49.6 Å². The van der Waals surface area contributed by atoms with Crippen molar-refractivity contribution in [3.63, 3.8) is 0 Å². The Bertz CT molecular complexity index is 1340. The SMILES string of the molecule is CN=C(c1cc(C(=O)NC(C)c2cc(C)c(N)cc2F)ccc1N)N1CCN(c2cccc(Cl)c2)CC1. The van der Waals surface area contributed by atoms with Crippen LogP contribution in [0.15, 0.2) is 59.6 Å². The van der Waals surface area contributed by atoms with E-state index in [1.54, 1.807) is 45.2 Å². The Morgan fingerprint density at radius 1 is 1.05 bits per heavy atom. The fourth-order valence-electron chi connectivity index (χ4n) is 4.58. The Hall–Kier alpha value is -3.78. The number of amidine groups is 1. The summed E-state index contributed by atoms with van der Waals surface area (Å²) in [6, 6.07) is 15.3. The van der Waals surface area contributed by atoms with Gasteiger partial charge in [0.25, 0.3) is 5.91 Å². The van der Waals surface area contributed by atoms with E-state index in [0.29, 0.717) is 33.1 Å². The molecule has 1 heterocycles. The van der Waals surface area contributed by atoms with Crippen LogP contribution in [0.1, 0.15) is 40.0 Å². The van der Waals surface area contributed by atoms with E-state index in [1.807, 2.05) is 18.2 Å². The number of nitrogens with zero attached hydrogens (tertiary/aromatic N) is 3. The van der Waals surface area contributed by atoms with Crippen molar-refractivity contribution in [3.05, 3.63) is 87.7 Å². The van der Waals surface area contributed by atoms with Crippen molar-refractivity contribution < 1.29 is 9.18 Å². The third-order valence-corrected chi connectivity index (χ3v) is 6.96. The van der Waals surface area contributed by atoms with Crippen LogP contribution in [0.25, 0.3) is 0 Å². The molecule has 3 aromatic rings. The molecule has 1 fully saturated rings. The first kappa shape index (κ1) is 26.3. The Labute approximate surface area is 221 Å². The number of aliphatic imine (C=N–C) groups is 1. The molecule has 1 unspecified atom stereocenters. The van der Waals surface area contributed by atoms with Gasteiger partial charge in [-0.2, -0.15) is 0 Å². The first-order chi connectivity index (χ1) is 17.7. The zero-order chi connectivity index (χ0) is 26.7. The standard InChI is InChI=1S/C28H32ClFN6O/c1-17-13-22(24(30)16-26(17)32)18(2)34-28(37)19-7-8-25(31)23(14-19)27(33-3)36-11-9-35(10-12-36)21-6-4-5-20(29)15-21/h4-8,13-16,18H,9-12,31-32H2,1-3H3,(H,34,37). The molecule has 1 aliphatic rings. The number of nitrogen functional groups attached to an aromatic ring is 2. The molecule has 7 nitrogen and oxygen atoms in total. The molecule has 0 radical (unpaired) electrons. The van der Waals surface area contributed by atoms with Crippen molar-refractivity contribution in [1.29, 1.82) is 0 Å². The summed E-state index contributed by atoms with van der Waals surface area (Å²) in [6.07, 6.45) is 0. The fraction of sp³-hybridized carbons (Fsp3) is 0.286. The van der Waals surface area contributed by atoms with E-state index in [9.17, 15) is 9.18 Å². The van der Waals surface area contributed by atoms with Gasteiger partial charge in [0.15, 0.2) is 0 Å². The second kappa shape index (κ2) is 11.1. The van der Waals surface area contributed by atoms with Crippen LogP contribution in [0.5, 0.6) is 0 Å². The van der Waals surface area contributed by atoms with Crippen LogP contribution in [-0.2, 0) is 0 Å². The van der Waals surface area contributed by atoms with Gasteiger partial charge in [-0.05, 0) is 67.9 Å². The van der Waals surface area contributed by atoms with E-state index in [1.165, 1.54) is 6.07 Å². The third-order valence-electron chi connectivity index (χ3n) is 6.72. The quantitative estimate of drug-likeness (QED) is 0.257. The molecule has 9 heteroatoms. The maximum atomic E-state index is 14.5. The fourth-order valence-corrected chi connectivity index (χ4v) is 4.77. The molecule has 0 aromatic heterocycles. The van der Waals surface area contributed by atoms with E-state index in [0.717, 1.165) is 43.3 Å². The molecule has 3 aromatic carbocycles. The summed E-state index contributed by atoms with van der Waals surface area (Å²) in [4.78, 5) is 22.1. The highest BCUT2D eigenvalue weighted by molar-refractivity contribution is 6.30. The van der Waals surface area contributed by atoms with Crippen molar-refractivity contribution in [1.82, 2.24) is 10.2 Å². The predicted octanol–water partition coefficient (Wildman–Crippen LogP) is 4.64. The molecule has 1 aliphatic heterocycles. The van der Waals surface area contributed by atoms with Gasteiger partial charge in [0.2, 0.25) is 0 Å². The van der Waals surface area contributed by atoms with Crippen LogP contribution in [0, 0.1) is 12.7 Å². The lowest BCUT2D eigenvalue weighted by molar-refractivity contribution is 0.0939. The zero-order valence-corrected chi connectivity index (χ0v) is 22.0. The molecule has 0 aliphatic carbocycles. The maximum absolute atomic E-state index is 14.5. The minimum Gasteiger partial charge on any atom is -0.398 e. The number of amides is 1. The molecule has 4 rings (SSSR count). The second-order valence-corrected chi connectivity index (χ2v) is 9.67. The molecular formula is C28H32ClFN6O. The Balaban J connectivity index is 1.49. The summed E-state index contributed by atoms with van der Waals surface area (Å²) >= 11 is 6.16. The molecular weight excluding hydrogens is 491 g/mol. The summed E-state index contributed by atoms with van der Waals surface area (Å²) in [5, 5.41) is 3.59. The minimum absolute atomic E-state index is 0.330. The largest absolute Gasteiger partial charge is 0.398 e. The monoisotopic (exact) mass is 522 g/mol. The lowest BCUT2D eigenvalue weighted by Gasteiger charge is -2.38. The smallest absolute Gasteiger partial charge is 0.251 e. The van der Waals surface area contributed by atoms with Gasteiger partial charge in [-0.3, -0.25) is 9.79 Å². The number of benzene rings is 3. The number of anilines is 3. The number of hydrogen-bond acceptors (Lipinski definition) is 5. The van der Waals surface area contributed by atoms with Crippen molar-refractivity contribution in [2.45, 2.75) is 19.9 Å². The second-order valence-electron chi connectivity index (χ2n) is 9.23. The van der Waals surface area contributed by atoms with E-state index in [2.05, 4.69) is 26.2 Å². The van der Waals surface area contributed by atoms with Crippen LogP contribution in [0.4, 0.5) is 21.5 Å². The van der Waals surface area contributed by atoms with Crippen LogP contribution in [0.3, 0.4) is 0 Å². The number of carbonyl (C=O) groups excluding carboxylic acids is 1. The van der Waals surface area contributed by atoms with Gasteiger partial charge >= 0.3 is 0 Å². The van der Waals surface area contributed by atoms with Crippen molar-refractivity contribution in [2.24, 2.45) is 4.99 Å². The van der Waals surface area contributed by atoms with Gasteiger partial charge in [-0.15, -0.1) is 0 Å². The van der Waals surface area contributed by atoms with Gasteiger partial charge in [0.1, 0.15) is 11.7 Å². The number of nitrogens with one attached hydrogen (secondary N) is 1. The molecule has 1 amide bonds. The van der Waals surface area contributed by atoms with Crippen molar-refractivity contribution >= 4 is 40.4 Å². The van der Waals surface area contributed by atoms with E-state index >= 15 is 0 Å². The molecule has 1 saturated heterocycles. The molecule has 194 valence electrons. The maximum Gasteiger partial charge on any atom is 0.251 e. The highest BCUT2D eigenvalue weighted by atomic mass is 35.5. The summed E-state index contributed by atoms with van der Waals surface area (Å²) < 4.78 is 14.5. The Morgan fingerprint density at radius 3 is 2.46 bits per heavy atom. The average Bonchev–Trinajstić information content (AvgIpc) is 2.88. The Kier molecular flexibility index (Phi) is 7.88. The first-order valence-corrected chi connectivity index (χ1v) is 12.5. The molecule has 0 saturated carbocycles. The number of nitrogens with two attached hydrogens (primary N) is 2. The zero-order valence-electron chi connectivity index (χ0n) is 21.3. The lowest BCUT2D eigenvalue weighted by atomic mass is 10.0. The third kappa shape index (κ3) is 5.80. The molecule has 0 spiro atoms. The van der Waals surface area contributed by atoms with Gasteiger partial charge < -0.3 is 26.6 Å². The molecule has 37 heavy (non-hydrogen) atoms. The number of halogens is 2. The summed E-state index contributed by atoms with van der Waals surface area (Å²) in [6.45, 7) is 6.61. The topological polar surface area (TPSA) is 100.0 Å². The van der Waals surface area contributed by atoms with Gasteiger partial charge in [0, 0.05) is 72.0 Å². The predicted molar refractivity (Wildman–Crippen MR) is 150 cm³/mol. The van der Waals surface area contributed by atoms with Crippen LogP contribution >= 0.6 is 11.6 Å². The number of carbonyl (C=O) groups is 1. The normalized spacial score (nSPS) is 15.0. The number of hydrogen-bond donors (Lipinski definition) is 3. The summed E-state index contributed by atoms with van der Waals surface area (Å²) in [5.74, 6) is -0.0544. The summed E-state index contributed by atoms with van der Waals surface area (Å²) in [5.41, 5.74) is 16.4. The van der Waals surface area contributed by atoms with Crippen LogP contribution in [-0.4, -0.2) is 49.9 Å². The number of rotatable bonds is 5. The minimum atomic E-state index is -0.549. The van der Waals surface area contributed by atoms with Crippen molar-refractivity contribution in [3.8, 4) is 0 Å². The Morgan fingerprint density at radius 2 is 1.78 bits per heavy atom. The average molecular weight is 523 g/mol. The lowest BCUT2D eigenvalue weighted by Crippen LogP contribution is -2.49. The molecule has 1 atom stereocenters. The summed E-state index contributed by atoms with van der Waals surface area (Å²) in [7, 11) is 1.72. The van der Waals surface area contributed by atoms with E-state index in [4.69, 9.17) is 23.1 Å². The van der Waals surface area contributed by atoms with Gasteiger partial charge in [-0.25, -0.2) is 4.39 Å². The number of aryl methyl sites for hydroxylation is 1. The molecule has 5 N–H and O–H groups in total. The highest BCUT2D eigenvalue weighted by Gasteiger charge is 2.24. The van der Waals surface area contributed by atoms with Crippen LogP contribution in [0.2, 0.25) is 5.02 Å². The molecule has 0 bridgehead atoms. The first-order valence-electron chi connectivity index (χ1n) is 12.2. The van der Waals surface area contributed by atoms with Gasteiger partial charge in [-0.1, -0.05) is 17.7 Å². The number of piperazine rings is 1. The van der Waals surface area contributed by atoms with E-state index < -0.39 is 11.9 Å². The van der Waals surface area contributed by atoms with Crippen LogP contribution < -0.4 is 21.7 Å². The highest BCUT2D eigenvalue weighted by Crippen LogP contribution is 2.25. The van der Waals surface area contributed by atoms with Gasteiger partial charge in [0.05, 0.1) is 6.04 Å². The van der Waals surface area contributed by atoms with E-state index in [-0.39, 0.29) is 5.91 Å².